The topological polar surface area (TPSA) is 46.1 Å². The van der Waals surface area contributed by atoms with E-state index in [2.05, 4.69) is 16.9 Å². The number of piperidine rings is 1. The zero-order valence-corrected chi connectivity index (χ0v) is 14.3. The summed E-state index contributed by atoms with van der Waals surface area (Å²) in [6, 6.07) is 0. The van der Waals surface area contributed by atoms with Crippen LogP contribution in [-0.2, 0) is 11.2 Å². The molecule has 1 amide bonds. The average Bonchev–Trinajstić information content (AvgIpc) is 2.46. The van der Waals surface area contributed by atoms with Crippen LogP contribution < -0.4 is 0 Å². The second-order valence-corrected chi connectivity index (χ2v) is 6.70. The van der Waals surface area contributed by atoms with Gasteiger partial charge in [-0.15, -0.1) is 0 Å². The summed E-state index contributed by atoms with van der Waals surface area (Å²) in [6.45, 7) is 8.12. The van der Waals surface area contributed by atoms with Gasteiger partial charge in [-0.2, -0.15) is 0 Å². The summed E-state index contributed by atoms with van der Waals surface area (Å²) in [5, 5.41) is 0.810. The van der Waals surface area contributed by atoms with Crippen LogP contribution in [-0.4, -0.2) is 40.1 Å². The van der Waals surface area contributed by atoms with Crippen LogP contribution in [0.4, 0.5) is 0 Å². The normalized spacial score (nSPS) is 16.3. The van der Waals surface area contributed by atoms with E-state index in [1.54, 1.807) is 11.8 Å². The number of thioether (sulfide) groups is 1. The van der Waals surface area contributed by atoms with E-state index in [1.165, 1.54) is 0 Å². The standard InChI is InChI=1S/C16H25N3OS/c1-11-7-9-19(10-8-11)15(20)6-5-14-12(2)17-16(21-4)18-13(14)3/h11H,5-10H2,1-4H3. The lowest BCUT2D eigenvalue weighted by molar-refractivity contribution is -0.132. The largest absolute Gasteiger partial charge is 0.343 e. The molecule has 1 aliphatic rings. The Morgan fingerprint density at radius 1 is 1.24 bits per heavy atom. The molecule has 1 aromatic rings. The molecule has 5 heteroatoms. The molecule has 0 saturated carbocycles. The van der Waals surface area contributed by atoms with E-state index in [0.717, 1.165) is 60.4 Å². The Morgan fingerprint density at radius 2 is 1.81 bits per heavy atom. The quantitative estimate of drug-likeness (QED) is 0.634. The maximum Gasteiger partial charge on any atom is 0.222 e. The maximum atomic E-state index is 12.3. The first-order chi connectivity index (χ1) is 10.0. The van der Waals surface area contributed by atoms with Gasteiger partial charge >= 0.3 is 0 Å². The first-order valence-corrected chi connectivity index (χ1v) is 8.89. The molecule has 0 radical (unpaired) electrons. The Hall–Kier alpha value is -1.10. The number of likely N-dealkylation sites (tertiary alicyclic amines) is 1. The van der Waals surface area contributed by atoms with Crippen LogP contribution in [0.2, 0.25) is 0 Å². The lowest BCUT2D eigenvalue weighted by Crippen LogP contribution is -2.38. The van der Waals surface area contributed by atoms with Gasteiger partial charge in [-0.05, 0) is 50.8 Å². The molecule has 116 valence electrons. The predicted octanol–water partition coefficient (Wildman–Crippen LogP) is 3.01. The van der Waals surface area contributed by atoms with E-state index >= 15 is 0 Å². The molecule has 0 bridgehead atoms. The number of aryl methyl sites for hydroxylation is 2. The van der Waals surface area contributed by atoms with Crippen LogP contribution in [0.5, 0.6) is 0 Å². The smallest absolute Gasteiger partial charge is 0.222 e. The van der Waals surface area contributed by atoms with Gasteiger partial charge in [-0.25, -0.2) is 9.97 Å². The number of hydrogen-bond acceptors (Lipinski definition) is 4. The van der Waals surface area contributed by atoms with Crippen molar-refractivity contribution in [3.63, 3.8) is 0 Å². The van der Waals surface area contributed by atoms with Crippen LogP contribution >= 0.6 is 11.8 Å². The summed E-state index contributed by atoms with van der Waals surface area (Å²) in [5.41, 5.74) is 3.14. The minimum Gasteiger partial charge on any atom is -0.343 e. The molecule has 4 nitrogen and oxygen atoms in total. The average molecular weight is 307 g/mol. The monoisotopic (exact) mass is 307 g/mol. The van der Waals surface area contributed by atoms with Crippen molar-refractivity contribution >= 4 is 17.7 Å². The molecule has 0 atom stereocenters. The number of rotatable bonds is 4. The third-order valence-electron chi connectivity index (χ3n) is 4.31. The number of nitrogens with zero attached hydrogens (tertiary/aromatic N) is 3. The molecule has 0 aliphatic carbocycles. The summed E-state index contributed by atoms with van der Waals surface area (Å²) in [4.78, 5) is 23.3. The zero-order chi connectivity index (χ0) is 15.4. The van der Waals surface area contributed by atoms with Gasteiger partial charge in [0.25, 0.3) is 0 Å². The van der Waals surface area contributed by atoms with Crippen LogP contribution in [0.25, 0.3) is 0 Å². The highest BCUT2D eigenvalue weighted by Gasteiger charge is 2.20. The third-order valence-corrected chi connectivity index (χ3v) is 4.86. The molecule has 1 saturated heterocycles. The minimum absolute atomic E-state index is 0.273. The number of carbonyl (C=O) groups is 1. The van der Waals surface area contributed by atoms with Gasteiger partial charge in [-0.3, -0.25) is 4.79 Å². The molecule has 1 aromatic heterocycles. The van der Waals surface area contributed by atoms with Crippen molar-refractivity contribution in [2.75, 3.05) is 19.3 Å². The van der Waals surface area contributed by atoms with E-state index in [0.29, 0.717) is 6.42 Å². The molecule has 0 unspecified atom stereocenters. The second kappa shape index (κ2) is 7.25. The summed E-state index contributed by atoms with van der Waals surface area (Å²) in [6.07, 6.45) is 5.56. The van der Waals surface area contributed by atoms with Crippen molar-refractivity contribution in [1.29, 1.82) is 0 Å². The Morgan fingerprint density at radius 3 is 2.33 bits per heavy atom. The van der Waals surface area contributed by atoms with Crippen molar-refractivity contribution in [2.24, 2.45) is 5.92 Å². The number of aromatic nitrogens is 2. The molecule has 0 spiro atoms. The maximum absolute atomic E-state index is 12.3. The van der Waals surface area contributed by atoms with E-state index in [9.17, 15) is 4.79 Å². The molecule has 2 heterocycles. The van der Waals surface area contributed by atoms with E-state index in [4.69, 9.17) is 0 Å². The van der Waals surface area contributed by atoms with Gasteiger partial charge in [0.15, 0.2) is 5.16 Å². The summed E-state index contributed by atoms with van der Waals surface area (Å²) in [7, 11) is 0. The van der Waals surface area contributed by atoms with E-state index in [1.807, 2.05) is 25.0 Å². The lowest BCUT2D eigenvalue weighted by Gasteiger charge is -2.30. The van der Waals surface area contributed by atoms with Gasteiger partial charge in [-0.1, -0.05) is 18.7 Å². The van der Waals surface area contributed by atoms with E-state index < -0.39 is 0 Å². The molecule has 1 fully saturated rings. The van der Waals surface area contributed by atoms with Crippen LogP contribution in [0.15, 0.2) is 5.16 Å². The molecule has 0 N–H and O–H groups in total. The highest BCUT2D eigenvalue weighted by Crippen LogP contribution is 2.19. The van der Waals surface area contributed by atoms with Gasteiger partial charge < -0.3 is 4.90 Å². The van der Waals surface area contributed by atoms with Crippen molar-refractivity contribution < 1.29 is 4.79 Å². The lowest BCUT2D eigenvalue weighted by atomic mass is 9.98. The molecular formula is C16H25N3OS. The van der Waals surface area contributed by atoms with Crippen molar-refractivity contribution in [3.8, 4) is 0 Å². The molecule has 1 aliphatic heterocycles. The number of amides is 1. The highest BCUT2D eigenvalue weighted by molar-refractivity contribution is 7.98. The number of carbonyl (C=O) groups excluding carboxylic acids is 1. The van der Waals surface area contributed by atoms with Crippen molar-refractivity contribution in [3.05, 3.63) is 17.0 Å². The Bertz CT molecular complexity index is 487. The third kappa shape index (κ3) is 4.19. The van der Waals surface area contributed by atoms with Crippen molar-refractivity contribution in [2.45, 2.75) is 51.6 Å². The van der Waals surface area contributed by atoms with Crippen LogP contribution in [0, 0.1) is 19.8 Å². The molecule has 0 aromatic carbocycles. The fourth-order valence-electron chi connectivity index (χ4n) is 2.81. The van der Waals surface area contributed by atoms with Gasteiger partial charge in [0, 0.05) is 30.9 Å². The predicted molar refractivity (Wildman–Crippen MR) is 86.6 cm³/mol. The van der Waals surface area contributed by atoms with Crippen LogP contribution in [0.3, 0.4) is 0 Å². The van der Waals surface area contributed by atoms with E-state index in [-0.39, 0.29) is 5.91 Å². The fourth-order valence-corrected chi connectivity index (χ4v) is 3.27. The van der Waals surface area contributed by atoms with Crippen LogP contribution in [0.1, 0.15) is 43.1 Å². The fraction of sp³-hybridized carbons (Fsp3) is 0.688. The first-order valence-electron chi connectivity index (χ1n) is 7.67. The van der Waals surface area contributed by atoms with Gasteiger partial charge in [0.05, 0.1) is 0 Å². The summed E-state index contributed by atoms with van der Waals surface area (Å²) >= 11 is 1.56. The second-order valence-electron chi connectivity index (χ2n) is 5.92. The van der Waals surface area contributed by atoms with Gasteiger partial charge in [0.1, 0.15) is 0 Å². The molecule has 2 rings (SSSR count). The molecule has 21 heavy (non-hydrogen) atoms. The summed E-state index contributed by atoms with van der Waals surface area (Å²) in [5.74, 6) is 1.03. The molecular weight excluding hydrogens is 282 g/mol. The first kappa shape index (κ1) is 16.3. The Kier molecular flexibility index (Phi) is 5.62. The summed E-state index contributed by atoms with van der Waals surface area (Å²) < 4.78 is 0. The minimum atomic E-state index is 0.273. The highest BCUT2D eigenvalue weighted by atomic mass is 32.2. The van der Waals surface area contributed by atoms with Gasteiger partial charge in [0.2, 0.25) is 5.91 Å². The zero-order valence-electron chi connectivity index (χ0n) is 13.5. The Labute approximate surface area is 131 Å². The van der Waals surface area contributed by atoms with Crippen molar-refractivity contribution in [1.82, 2.24) is 14.9 Å². The number of hydrogen-bond donors (Lipinski definition) is 0. The SMILES string of the molecule is CSc1nc(C)c(CCC(=O)N2CCC(C)CC2)c(C)n1. The Balaban J connectivity index is 1.95.